The molecule has 0 spiro atoms. The molecule has 136 valence electrons. The van der Waals surface area contributed by atoms with Crippen LogP contribution in [0.25, 0.3) is 0 Å². The van der Waals surface area contributed by atoms with Crippen molar-refractivity contribution in [2.45, 2.75) is 56.2 Å². The summed E-state index contributed by atoms with van der Waals surface area (Å²) in [5, 5.41) is 10.8. The first-order chi connectivity index (χ1) is 11.2. The largest absolute Gasteiger partial charge is 0.458 e. The van der Waals surface area contributed by atoms with Crippen molar-refractivity contribution in [2.75, 3.05) is 12.5 Å². The molecular formula is C18H28O4S2. The van der Waals surface area contributed by atoms with E-state index in [1.807, 2.05) is 51.1 Å². The molecule has 0 saturated carbocycles. The van der Waals surface area contributed by atoms with Gasteiger partial charge in [0.1, 0.15) is 11.7 Å². The molecule has 0 heterocycles. The lowest BCUT2D eigenvalue weighted by atomic mass is 10.1. The molecule has 0 aliphatic carbocycles. The van der Waals surface area contributed by atoms with Crippen LogP contribution in [0, 0.1) is 0 Å². The van der Waals surface area contributed by atoms with Crippen molar-refractivity contribution in [3.05, 3.63) is 35.9 Å². The van der Waals surface area contributed by atoms with Crippen LogP contribution < -0.4 is 0 Å². The average Bonchev–Trinajstić information content (AvgIpc) is 2.53. The smallest absolute Gasteiger partial charge is 0.335 e. The first-order valence-corrected chi connectivity index (χ1v) is 10.3. The highest BCUT2D eigenvalue weighted by atomic mass is 32.2. The van der Waals surface area contributed by atoms with Gasteiger partial charge in [0.15, 0.2) is 4.08 Å². The molecule has 0 saturated heterocycles. The minimum atomic E-state index is -1.12. The number of hydrogen-bond acceptors (Lipinski definition) is 6. The zero-order valence-corrected chi connectivity index (χ0v) is 16.9. The highest BCUT2D eigenvalue weighted by Crippen LogP contribution is 2.41. The molecule has 0 bridgehead atoms. The number of benzene rings is 1. The maximum atomic E-state index is 12.7. The third kappa shape index (κ3) is 5.69. The molecule has 0 unspecified atom stereocenters. The molecule has 6 heteroatoms. The molecule has 0 aromatic heterocycles. The Labute approximate surface area is 153 Å². The third-order valence-corrected chi connectivity index (χ3v) is 6.51. The minimum absolute atomic E-state index is 0.381. The number of rotatable bonds is 8. The monoisotopic (exact) mass is 372 g/mol. The van der Waals surface area contributed by atoms with E-state index in [-0.39, 0.29) is 0 Å². The average molecular weight is 373 g/mol. The fraction of sp³-hybridized carbons (Fsp3) is 0.611. The van der Waals surface area contributed by atoms with Crippen molar-refractivity contribution in [1.29, 1.82) is 0 Å². The molecule has 1 aromatic rings. The van der Waals surface area contributed by atoms with E-state index in [1.54, 1.807) is 19.4 Å². The van der Waals surface area contributed by atoms with Gasteiger partial charge in [0.2, 0.25) is 0 Å². The first kappa shape index (κ1) is 21.4. The predicted molar refractivity (Wildman–Crippen MR) is 102 cm³/mol. The standard InChI is InChI=1S/C18H28O4S2/c1-13(21-12-14-10-8-7-9-11-14)15(19)18(23-5,24-6)16(20)22-17(2,3)4/h7-11,13,15,19H,12H2,1-6H3/t13-,15-/m0/s1. The zero-order chi connectivity index (χ0) is 18.4. The van der Waals surface area contributed by atoms with E-state index in [1.165, 1.54) is 23.5 Å². The Hall–Kier alpha value is -0.690. The second kappa shape index (κ2) is 9.13. The SMILES string of the molecule is CSC(SC)(C(=O)OC(C)(C)C)[C@@H](O)[C@H](C)OCc1ccccc1. The van der Waals surface area contributed by atoms with Gasteiger partial charge in [-0.05, 0) is 45.8 Å². The highest BCUT2D eigenvalue weighted by molar-refractivity contribution is 8.18. The Morgan fingerprint density at radius 1 is 1.17 bits per heavy atom. The van der Waals surface area contributed by atoms with E-state index < -0.39 is 27.9 Å². The second-order valence-corrected chi connectivity index (χ2v) is 8.89. The fourth-order valence-corrected chi connectivity index (χ4v) is 4.11. The Morgan fingerprint density at radius 3 is 2.17 bits per heavy atom. The fourth-order valence-electron chi connectivity index (χ4n) is 2.16. The first-order valence-electron chi connectivity index (χ1n) is 7.83. The van der Waals surface area contributed by atoms with Crippen molar-refractivity contribution >= 4 is 29.5 Å². The van der Waals surface area contributed by atoms with Crippen LogP contribution >= 0.6 is 23.5 Å². The second-order valence-electron chi connectivity index (χ2n) is 6.52. The molecule has 0 radical (unpaired) electrons. The highest BCUT2D eigenvalue weighted by Gasteiger charge is 2.49. The van der Waals surface area contributed by atoms with Crippen LogP contribution in [0.1, 0.15) is 33.3 Å². The molecule has 0 fully saturated rings. The number of esters is 1. The summed E-state index contributed by atoms with van der Waals surface area (Å²) in [5.41, 5.74) is 0.412. The number of ether oxygens (including phenoxy) is 2. The maximum Gasteiger partial charge on any atom is 0.335 e. The van der Waals surface area contributed by atoms with Gasteiger partial charge in [0.05, 0.1) is 12.7 Å². The lowest BCUT2D eigenvalue weighted by Gasteiger charge is -2.37. The van der Waals surface area contributed by atoms with Crippen molar-refractivity contribution < 1.29 is 19.4 Å². The summed E-state index contributed by atoms with van der Waals surface area (Å²) < 4.78 is 10.2. The number of hydrogen-bond donors (Lipinski definition) is 1. The number of carbonyl (C=O) groups is 1. The number of thioether (sulfide) groups is 2. The van der Waals surface area contributed by atoms with Gasteiger partial charge in [-0.1, -0.05) is 30.3 Å². The van der Waals surface area contributed by atoms with Gasteiger partial charge in [-0.15, -0.1) is 23.5 Å². The zero-order valence-electron chi connectivity index (χ0n) is 15.2. The number of aliphatic hydroxyl groups is 1. The minimum Gasteiger partial charge on any atom is -0.458 e. The number of carbonyl (C=O) groups excluding carboxylic acids is 1. The van der Waals surface area contributed by atoms with Crippen LogP contribution in [-0.2, 0) is 20.9 Å². The molecule has 0 amide bonds. The Balaban J connectivity index is 2.84. The van der Waals surface area contributed by atoms with E-state index >= 15 is 0 Å². The van der Waals surface area contributed by atoms with Gasteiger partial charge in [0.25, 0.3) is 0 Å². The van der Waals surface area contributed by atoms with Crippen LogP contribution in [0.2, 0.25) is 0 Å². The molecule has 1 N–H and O–H groups in total. The van der Waals surface area contributed by atoms with Gasteiger partial charge in [-0.2, -0.15) is 0 Å². The van der Waals surface area contributed by atoms with E-state index in [2.05, 4.69) is 0 Å². The van der Waals surface area contributed by atoms with Crippen molar-refractivity contribution in [3.63, 3.8) is 0 Å². The van der Waals surface area contributed by atoms with Crippen molar-refractivity contribution in [3.8, 4) is 0 Å². The van der Waals surface area contributed by atoms with Gasteiger partial charge >= 0.3 is 5.97 Å². The lowest BCUT2D eigenvalue weighted by molar-refractivity contribution is -0.160. The van der Waals surface area contributed by atoms with E-state index in [4.69, 9.17) is 9.47 Å². The quantitative estimate of drug-likeness (QED) is 0.554. The topological polar surface area (TPSA) is 55.8 Å². The molecule has 1 rings (SSSR count). The van der Waals surface area contributed by atoms with Crippen LogP contribution in [0.15, 0.2) is 30.3 Å². The van der Waals surface area contributed by atoms with Crippen LogP contribution in [0.4, 0.5) is 0 Å². The van der Waals surface area contributed by atoms with Gasteiger partial charge in [0, 0.05) is 0 Å². The summed E-state index contributed by atoms with van der Waals surface area (Å²) in [6.45, 7) is 7.61. The molecular weight excluding hydrogens is 344 g/mol. The Kier molecular flexibility index (Phi) is 8.12. The van der Waals surface area contributed by atoms with E-state index in [0.29, 0.717) is 6.61 Å². The van der Waals surface area contributed by atoms with Gasteiger partial charge in [-0.25, -0.2) is 4.79 Å². The summed E-state index contributed by atoms with van der Waals surface area (Å²) in [5.74, 6) is -0.433. The van der Waals surface area contributed by atoms with Crippen LogP contribution in [-0.4, -0.2) is 45.5 Å². The third-order valence-electron chi connectivity index (χ3n) is 3.48. The summed E-state index contributed by atoms with van der Waals surface area (Å²) in [6, 6.07) is 9.74. The van der Waals surface area contributed by atoms with E-state index in [0.717, 1.165) is 5.56 Å². The molecule has 24 heavy (non-hydrogen) atoms. The summed E-state index contributed by atoms with van der Waals surface area (Å²) >= 11 is 2.57. The Morgan fingerprint density at radius 2 is 1.71 bits per heavy atom. The molecule has 2 atom stereocenters. The summed E-state index contributed by atoms with van der Waals surface area (Å²) in [4.78, 5) is 12.7. The van der Waals surface area contributed by atoms with Crippen molar-refractivity contribution in [1.82, 2.24) is 0 Å². The van der Waals surface area contributed by atoms with Crippen molar-refractivity contribution in [2.24, 2.45) is 0 Å². The molecule has 0 aliphatic rings. The lowest BCUT2D eigenvalue weighted by Crippen LogP contribution is -2.51. The molecule has 0 aliphatic heterocycles. The molecule has 1 aromatic carbocycles. The van der Waals surface area contributed by atoms with Crippen LogP contribution in [0.5, 0.6) is 0 Å². The summed E-state index contributed by atoms with van der Waals surface area (Å²) in [7, 11) is 0. The normalized spacial score (nSPS) is 15.0. The summed E-state index contributed by atoms with van der Waals surface area (Å²) in [6.07, 6.45) is 2.08. The van der Waals surface area contributed by atoms with Crippen LogP contribution in [0.3, 0.4) is 0 Å². The van der Waals surface area contributed by atoms with Gasteiger partial charge < -0.3 is 14.6 Å². The van der Waals surface area contributed by atoms with Gasteiger partial charge in [-0.3, -0.25) is 0 Å². The maximum absolute atomic E-state index is 12.7. The molecule has 4 nitrogen and oxygen atoms in total. The predicted octanol–water partition coefficient (Wildman–Crippen LogP) is 3.72. The number of aliphatic hydroxyl groups excluding tert-OH is 1. The Bertz CT molecular complexity index is 510. The van der Waals surface area contributed by atoms with E-state index in [9.17, 15) is 9.90 Å².